The van der Waals surface area contributed by atoms with E-state index in [1.165, 1.54) is 11.1 Å². The first-order chi connectivity index (χ1) is 13.5. The topological polar surface area (TPSA) is 63.2 Å². The van der Waals surface area contributed by atoms with Gasteiger partial charge in [0.15, 0.2) is 0 Å². The minimum atomic E-state index is -0.158. The van der Waals surface area contributed by atoms with E-state index in [0.717, 1.165) is 30.0 Å². The SMILES string of the molecule is COc1cccc(CCNc2ccc(NC(=O)c3ccc(C)c(C)c3)nc2)c1. The fourth-order valence-electron chi connectivity index (χ4n) is 2.82. The predicted octanol–water partition coefficient (Wildman–Crippen LogP) is 4.61. The lowest BCUT2D eigenvalue weighted by Crippen LogP contribution is -2.13. The second kappa shape index (κ2) is 9.04. The monoisotopic (exact) mass is 375 g/mol. The summed E-state index contributed by atoms with van der Waals surface area (Å²) in [6, 6.07) is 17.4. The lowest BCUT2D eigenvalue weighted by molar-refractivity contribution is 0.102. The number of carbonyl (C=O) groups excluding carboxylic acids is 1. The molecule has 144 valence electrons. The molecule has 0 saturated carbocycles. The Hall–Kier alpha value is -3.34. The number of hydrogen-bond acceptors (Lipinski definition) is 4. The molecule has 0 spiro atoms. The lowest BCUT2D eigenvalue weighted by atomic mass is 10.1. The maximum atomic E-state index is 12.4. The number of carbonyl (C=O) groups is 1. The molecule has 0 saturated heterocycles. The van der Waals surface area contributed by atoms with E-state index in [1.54, 1.807) is 19.4 Å². The molecule has 0 bridgehead atoms. The summed E-state index contributed by atoms with van der Waals surface area (Å²) in [5, 5.41) is 6.18. The van der Waals surface area contributed by atoms with Gasteiger partial charge in [0, 0.05) is 12.1 Å². The quantitative estimate of drug-likeness (QED) is 0.633. The van der Waals surface area contributed by atoms with Crippen LogP contribution in [0.2, 0.25) is 0 Å². The zero-order chi connectivity index (χ0) is 19.9. The first-order valence-electron chi connectivity index (χ1n) is 9.26. The van der Waals surface area contributed by atoms with E-state index in [2.05, 4.69) is 21.7 Å². The van der Waals surface area contributed by atoms with E-state index in [0.29, 0.717) is 11.4 Å². The standard InChI is InChI=1S/C23H25N3O2/c1-16-7-8-19(13-17(16)2)23(27)26-22-10-9-20(15-25-22)24-12-11-18-5-4-6-21(14-18)28-3/h4-10,13-15,24H,11-12H2,1-3H3,(H,25,26,27). The van der Waals surface area contributed by atoms with Crippen LogP contribution in [-0.4, -0.2) is 24.5 Å². The number of nitrogens with one attached hydrogen (secondary N) is 2. The number of methoxy groups -OCH3 is 1. The number of ether oxygens (including phenoxy) is 1. The zero-order valence-corrected chi connectivity index (χ0v) is 16.5. The van der Waals surface area contributed by atoms with Crippen molar-refractivity contribution in [3.05, 3.63) is 83.0 Å². The van der Waals surface area contributed by atoms with Gasteiger partial charge in [0.05, 0.1) is 19.0 Å². The summed E-state index contributed by atoms with van der Waals surface area (Å²) in [7, 11) is 1.67. The molecule has 0 atom stereocenters. The van der Waals surface area contributed by atoms with E-state index in [9.17, 15) is 4.79 Å². The third-order valence-corrected chi connectivity index (χ3v) is 4.65. The highest BCUT2D eigenvalue weighted by Gasteiger charge is 2.08. The van der Waals surface area contributed by atoms with E-state index in [4.69, 9.17) is 4.74 Å². The molecule has 1 aromatic heterocycles. The van der Waals surface area contributed by atoms with Gasteiger partial charge in [-0.3, -0.25) is 4.79 Å². The van der Waals surface area contributed by atoms with Gasteiger partial charge in [-0.15, -0.1) is 0 Å². The van der Waals surface area contributed by atoms with Gasteiger partial charge in [0.25, 0.3) is 5.91 Å². The Labute approximate surface area is 165 Å². The number of aryl methyl sites for hydroxylation is 2. The van der Waals surface area contributed by atoms with Crippen molar-refractivity contribution < 1.29 is 9.53 Å². The van der Waals surface area contributed by atoms with E-state index in [-0.39, 0.29) is 5.91 Å². The van der Waals surface area contributed by atoms with Crippen LogP contribution in [0, 0.1) is 13.8 Å². The van der Waals surface area contributed by atoms with Crippen LogP contribution in [0.15, 0.2) is 60.8 Å². The number of benzene rings is 2. The molecule has 1 amide bonds. The number of anilines is 2. The number of nitrogens with zero attached hydrogens (tertiary/aromatic N) is 1. The molecule has 0 aliphatic heterocycles. The fraction of sp³-hybridized carbons (Fsp3) is 0.217. The average molecular weight is 375 g/mol. The van der Waals surface area contributed by atoms with Gasteiger partial charge in [0.1, 0.15) is 11.6 Å². The maximum Gasteiger partial charge on any atom is 0.256 e. The first-order valence-corrected chi connectivity index (χ1v) is 9.26. The van der Waals surface area contributed by atoms with Crippen molar-refractivity contribution in [1.82, 2.24) is 4.98 Å². The van der Waals surface area contributed by atoms with Gasteiger partial charge < -0.3 is 15.4 Å². The Bertz CT molecular complexity index is 952. The molecular formula is C23H25N3O2. The van der Waals surface area contributed by atoms with E-state index >= 15 is 0 Å². The number of pyridine rings is 1. The van der Waals surface area contributed by atoms with Gasteiger partial charge in [0.2, 0.25) is 0 Å². The molecule has 3 rings (SSSR count). The third-order valence-electron chi connectivity index (χ3n) is 4.65. The van der Waals surface area contributed by atoms with Crippen molar-refractivity contribution in [1.29, 1.82) is 0 Å². The summed E-state index contributed by atoms with van der Waals surface area (Å²) in [6.45, 7) is 4.80. The summed E-state index contributed by atoms with van der Waals surface area (Å²) in [5.74, 6) is 1.24. The van der Waals surface area contributed by atoms with Crippen molar-refractivity contribution in [2.24, 2.45) is 0 Å². The van der Waals surface area contributed by atoms with Gasteiger partial charge in [-0.1, -0.05) is 18.2 Å². The van der Waals surface area contributed by atoms with Gasteiger partial charge in [-0.05, 0) is 73.4 Å². The lowest BCUT2D eigenvalue weighted by Gasteiger charge is -2.09. The van der Waals surface area contributed by atoms with Crippen molar-refractivity contribution >= 4 is 17.4 Å². The van der Waals surface area contributed by atoms with Crippen molar-refractivity contribution in [3.8, 4) is 5.75 Å². The van der Waals surface area contributed by atoms with Crippen LogP contribution in [0.25, 0.3) is 0 Å². The maximum absolute atomic E-state index is 12.4. The highest BCUT2D eigenvalue weighted by Crippen LogP contribution is 2.15. The fourth-order valence-corrected chi connectivity index (χ4v) is 2.82. The first kappa shape index (κ1) is 19.4. The largest absolute Gasteiger partial charge is 0.497 e. The van der Waals surface area contributed by atoms with Crippen LogP contribution in [0.1, 0.15) is 27.0 Å². The second-order valence-electron chi connectivity index (χ2n) is 6.71. The molecule has 0 aliphatic rings. The molecule has 28 heavy (non-hydrogen) atoms. The predicted molar refractivity (Wildman–Crippen MR) is 113 cm³/mol. The summed E-state index contributed by atoms with van der Waals surface area (Å²) < 4.78 is 5.24. The summed E-state index contributed by atoms with van der Waals surface area (Å²) in [6.07, 6.45) is 2.60. The number of aromatic nitrogens is 1. The second-order valence-corrected chi connectivity index (χ2v) is 6.71. The van der Waals surface area contributed by atoms with E-state index in [1.807, 2.05) is 56.3 Å². The third kappa shape index (κ3) is 5.10. The molecule has 0 unspecified atom stereocenters. The molecule has 5 heteroatoms. The zero-order valence-electron chi connectivity index (χ0n) is 16.5. The van der Waals surface area contributed by atoms with Crippen molar-refractivity contribution in [2.75, 3.05) is 24.3 Å². The Morgan fingerprint density at radius 2 is 1.89 bits per heavy atom. The van der Waals surface area contributed by atoms with Crippen LogP contribution in [0.3, 0.4) is 0 Å². The Balaban J connectivity index is 1.52. The average Bonchev–Trinajstić information content (AvgIpc) is 2.71. The van der Waals surface area contributed by atoms with Crippen LogP contribution in [-0.2, 0) is 6.42 Å². The highest BCUT2D eigenvalue weighted by molar-refractivity contribution is 6.03. The van der Waals surface area contributed by atoms with Crippen LogP contribution in [0.4, 0.5) is 11.5 Å². The minimum absolute atomic E-state index is 0.158. The molecule has 5 nitrogen and oxygen atoms in total. The normalized spacial score (nSPS) is 10.4. The van der Waals surface area contributed by atoms with Crippen LogP contribution in [0.5, 0.6) is 5.75 Å². The van der Waals surface area contributed by atoms with E-state index < -0.39 is 0 Å². The molecule has 0 aliphatic carbocycles. The van der Waals surface area contributed by atoms with Crippen molar-refractivity contribution in [3.63, 3.8) is 0 Å². The Morgan fingerprint density at radius 1 is 1.04 bits per heavy atom. The number of amides is 1. The highest BCUT2D eigenvalue weighted by atomic mass is 16.5. The number of rotatable bonds is 7. The smallest absolute Gasteiger partial charge is 0.256 e. The Morgan fingerprint density at radius 3 is 2.61 bits per heavy atom. The minimum Gasteiger partial charge on any atom is -0.497 e. The molecular weight excluding hydrogens is 350 g/mol. The van der Waals surface area contributed by atoms with Gasteiger partial charge in [-0.25, -0.2) is 4.98 Å². The molecule has 3 aromatic rings. The molecule has 2 N–H and O–H groups in total. The Kier molecular flexibility index (Phi) is 6.27. The van der Waals surface area contributed by atoms with Crippen molar-refractivity contribution in [2.45, 2.75) is 20.3 Å². The van der Waals surface area contributed by atoms with Gasteiger partial charge in [-0.2, -0.15) is 0 Å². The van der Waals surface area contributed by atoms with Crippen LogP contribution >= 0.6 is 0 Å². The summed E-state index contributed by atoms with van der Waals surface area (Å²) in [4.78, 5) is 16.7. The summed E-state index contributed by atoms with van der Waals surface area (Å²) in [5.41, 5.74) is 5.00. The summed E-state index contributed by atoms with van der Waals surface area (Å²) >= 11 is 0. The molecule has 0 fully saturated rings. The molecule has 1 heterocycles. The molecule has 0 radical (unpaired) electrons. The van der Waals surface area contributed by atoms with Gasteiger partial charge >= 0.3 is 0 Å². The van der Waals surface area contributed by atoms with Crippen LogP contribution < -0.4 is 15.4 Å². The number of hydrogen-bond donors (Lipinski definition) is 2. The molecule has 2 aromatic carbocycles.